The second kappa shape index (κ2) is 13.9. The summed E-state index contributed by atoms with van der Waals surface area (Å²) in [7, 11) is -2.17. The van der Waals surface area contributed by atoms with Gasteiger partial charge in [-0.3, -0.25) is 13.9 Å². The Morgan fingerprint density at radius 3 is 2.38 bits per heavy atom. The van der Waals surface area contributed by atoms with Gasteiger partial charge in [0.1, 0.15) is 11.8 Å². The van der Waals surface area contributed by atoms with Crippen LogP contribution >= 0.6 is 23.2 Å². The maximum absolute atomic E-state index is 13.4. The van der Waals surface area contributed by atoms with Gasteiger partial charge in [-0.25, -0.2) is 8.42 Å². The van der Waals surface area contributed by atoms with Crippen molar-refractivity contribution in [2.45, 2.75) is 58.7 Å². The Labute approximate surface area is 229 Å². The van der Waals surface area contributed by atoms with Crippen LogP contribution < -0.4 is 14.4 Å². The number of ether oxygens (including phenoxy) is 1. The van der Waals surface area contributed by atoms with Crippen molar-refractivity contribution in [1.82, 2.24) is 10.2 Å². The van der Waals surface area contributed by atoms with Gasteiger partial charge in [-0.1, -0.05) is 48.3 Å². The zero-order valence-corrected chi connectivity index (χ0v) is 24.2. The first-order valence-corrected chi connectivity index (χ1v) is 14.6. The van der Waals surface area contributed by atoms with Gasteiger partial charge in [-0.2, -0.15) is 0 Å². The number of halogens is 2. The van der Waals surface area contributed by atoms with Crippen molar-refractivity contribution in [3.05, 3.63) is 58.1 Å². The molecular formula is C26H35Cl2N3O5S. The molecule has 0 radical (unpaired) electrons. The number of benzene rings is 2. The third kappa shape index (κ3) is 8.79. The van der Waals surface area contributed by atoms with Gasteiger partial charge in [-0.15, -0.1) is 0 Å². The van der Waals surface area contributed by atoms with E-state index in [0.29, 0.717) is 27.0 Å². The molecular weight excluding hydrogens is 537 g/mol. The lowest BCUT2D eigenvalue weighted by Gasteiger charge is -2.30. The van der Waals surface area contributed by atoms with Crippen molar-refractivity contribution in [1.29, 1.82) is 0 Å². The minimum absolute atomic E-state index is 0.0212. The SMILES string of the molecule is CC[C@@H](C)NC(=O)[C@@H](C)N(Cc1ccc(Cl)cc1Cl)C(=O)CCCN(c1ccccc1OC)S(C)(=O)=O. The van der Waals surface area contributed by atoms with Crippen LogP contribution in [-0.2, 0) is 26.2 Å². The van der Waals surface area contributed by atoms with Crippen LogP contribution in [0.1, 0.15) is 45.6 Å². The maximum Gasteiger partial charge on any atom is 0.242 e. The van der Waals surface area contributed by atoms with E-state index < -0.39 is 16.1 Å². The Bertz CT molecular complexity index is 1190. The van der Waals surface area contributed by atoms with Gasteiger partial charge < -0.3 is 15.0 Å². The average molecular weight is 573 g/mol. The quantitative estimate of drug-likeness (QED) is 0.369. The highest BCUT2D eigenvalue weighted by atomic mass is 35.5. The predicted molar refractivity (Wildman–Crippen MR) is 149 cm³/mol. The second-order valence-electron chi connectivity index (χ2n) is 8.86. The van der Waals surface area contributed by atoms with Crippen LogP contribution in [0.25, 0.3) is 0 Å². The van der Waals surface area contributed by atoms with Crippen molar-refractivity contribution < 1.29 is 22.7 Å². The van der Waals surface area contributed by atoms with E-state index >= 15 is 0 Å². The first kappa shape index (κ1) is 30.7. The lowest BCUT2D eigenvalue weighted by atomic mass is 10.1. The zero-order chi connectivity index (χ0) is 27.8. The molecule has 0 aliphatic heterocycles. The van der Waals surface area contributed by atoms with E-state index in [-0.39, 0.29) is 43.8 Å². The lowest BCUT2D eigenvalue weighted by molar-refractivity contribution is -0.140. The second-order valence-corrected chi connectivity index (χ2v) is 11.6. The first-order chi connectivity index (χ1) is 17.4. The lowest BCUT2D eigenvalue weighted by Crippen LogP contribution is -2.49. The van der Waals surface area contributed by atoms with Crippen LogP contribution in [0.2, 0.25) is 10.0 Å². The van der Waals surface area contributed by atoms with Crippen LogP contribution in [0.3, 0.4) is 0 Å². The number of nitrogens with zero attached hydrogens (tertiary/aromatic N) is 2. The molecule has 8 nitrogen and oxygen atoms in total. The standard InChI is InChI=1S/C26H35Cl2N3O5S/c1-6-18(2)29-26(33)19(3)30(17-20-13-14-21(27)16-22(20)28)25(32)12-9-15-31(37(5,34)35)23-10-7-8-11-24(23)36-4/h7-8,10-11,13-14,16,18-19H,6,9,12,15,17H2,1-5H3,(H,29,33)/t18-,19-/m1/s1. The van der Waals surface area contributed by atoms with Crippen molar-refractivity contribution >= 4 is 50.7 Å². The molecule has 2 amide bonds. The smallest absolute Gasteiger partial charge is 0.242 e. The van der Waals surface area contributed by atoms with Crippen molar-refractivity contribution in [3.63, 3.8) is 0 Å². The van der Waals surface area contributed by atoms with Gasteiger partial charge in [0.25, 0.3) is 0 Å². The van der Waals surface area contributed by atoms with E-state index in [1.165, 1.54) is 16.3 Å². The number of carbonyl (C=O) groups is 2. The van der Waals surface area contributed by atoms with E-state index in [1.54, 1.807) is 49.4 Å². The largest absolute Gasteiger partial charge is 0.495 e. The van der Waals surface area contributed by atoms with Crippen LogP contribution in [-0.4, -0.2) is 57.1 Å². The molecule has 0 saturated carbocycles. The molecule has 0 bridgehead atoms. The highest BCUT2D eigenvalue weighted by molar-refractivity contribution is 7.92. The Morgan fingerprint density at radius 2 is 1.78 bits per heavy atom. The third-order valence-electron chi connectivity index (χ3n) is 6.03. The Morgan fingerprint density at radius 1 is 1.11 bits per heavy atom. The zero-order valence-electron chi connectivity index (χ0n) is 21.8. The van der Waals surface area contributed by atoms with Crippen LogP contribution in [0.4, 0.5) is 5.69 Å². The third-order valence-corrected chi connectivity index (χ3v) is 7.80. The van der Waals surface area contributed by atoms with Gasteiger partial charge in [0, 0.05) is 35.6 Å². The van der Waals surface area contributed by atoms with Crippen molar-refractivity contribution in [3.8, 4) is 5.75 Å². The fourth-order valence-corrected chi connectivity index (χ4v) is 5.14. The summed E-state index contributed by atoms with van der Waals surface area (Å²) in [5.74, 6) is -0.167. The van der Waals surface area contributed by atoms with Gasteiger partial charge in [0.2, 0.25) is 21.8 Å². The number of hydrogen-bond donors (Lipinski definition) is 1. The minimum Gasteiger partial charge on any atom is -0.495 e. The van der Waals surface area contributed by atoms with Gasteiger partial charge in [0.15, 0.2) is 0 Å². The van der Waals surface area contributed by atoms with Crippen LogP contribution in [0.5, 0.6) is 5.75 Å². The number of carbonyl (C=O) groups excluding carboxylic acids is 2. The summed E-state index contributed by atoms with van der Waals surface area (Å²) in [6, 6.07) is 11.0. The molecule has 0 aliphatic rings. The Kier molecular flexibility index (Phi) is 11.5. The molecule has 0 fully saturated rings. The number of rotatable bonds is 13. The monoisotopic (exact) mass is 571 g/mol. The van der Waals surface area contributed by atoms with E-state index in [1.807, 2.05) is 13.8 Å². The summed E-state index contributed by atoms with van der Waals surface area (Å²) in [5.41, 5.74) is 1.04. The van der Waals surface area contributed by atoms with Gasteiger partial charge in [-0.05, 0) is 56.5 Å². The van der Waals surface area contributed by atoms with Gasteiger partial charge >= 0.3 is 0 Å². The highest BCUT2D eigenvalue weighted by Gasteiger charge is 2.28. The molecule has 204 valence electrons. The van der Waals surface area contributed by atoms with E-state index in [2.05, 4.69) is 5.32 Å². The van der Waals surface area contributed by atoms with E-state index in [0.717, 1.165) is 12.7 Å². The summed E-state index contributed by atoms with van der Waals surface area (Å²) in [4.78, 5) is 27.8. The number of amides is 2. The molecule has 0 aliphatic carbocycles. The summed E-state index contributed by atoms with van der Waals surface area (Å²) in [6.07, 6.45) is 2.11. The molecule has 37 heavy (non-hydrogen) atoms. The Balaban J connectivity index is 2.24. The molecule has 2 aromatic carbocycles. The molecule has 11 heteroatoms. The number of hydrogen-bond acceptors (Lipinski definition) is 5. The number of anilines is 1. The summed E-state index contributed by atoms with van der Waals surface area (Å²) in [6.45, 7) is 5.68. The molecule has 0 unspecified atom stereocenters. The maximum atomic E-state index is 13.4. The topological polar surface area (TPSA) is 96.0 Å². The average Bonchev–Trinajstić information content (AvgIpc) is 2.84. The van der Waals surface area contributed by atoms with Crippen molar-refractivity contribution in [2.24, 2.45) is 0 Å². The number of para-hydroxylation sites is 2. The van der Waals surface area contributed by atoms with Gasteiger partial charge in [0.05, 0.1) is 19.1 Å². The van der Waals surface area contributed by atoms with Crippen LogP contribution in [0, 0.1) is 0 Å². The number of nitrogens with one attached hydrogen (secondary N) is 1. The highest BCUT2D eigenvalue weighted by Crippen LogP contribution is 2.30. The molecule has 0 aromatic heterocycles. The predicted octanol–water partition coefficient (Wildman–Crippen LogP) is 4.88. The number of methoxy groups -OCH3 is 1. The summed E-state index contributed by atoms with van der Waals surface area (Å²) in [5, 5.41) is 3.77. The number of sulfonamides is 1. The summed E-state index contributed by atoms with van der Waals surface area (Å²) < 4.78 is 31.6. The van der Waals surface area contributed by atoms with E-state index in [4.69, 9.17) is 27.9 Å². The fraction of sp³-hybridized carbons (Fsp3) is 0.462. The minimum atomic E-state index is -3.64. The molecule has 2 atom stereocenters. The fourth-order valence-electron chi connectivity index (χ4n) is 3.70. The van der Waals surface area contributed by atoms with Crippen LogP contribution in [0.15, 0.2) is 42.5 Å². The van der Waals surface area contributed by atoms with E-state index in [9.17, 15) is 18.0 Å². The molecule has 2 rings (SSSR count). The van der Waals surface area contributed by atoms with Crippen molar-refractivity contribution in [2.75, 3.05) is 24.2 Å². The Hall–Kier alpha value is -2.49. The first-order valence-electron chi connectivity index (χ1n) is 12.0. The molecule has 1 N–H and O–H groups in total. The normalized spacial score (nSPS) is 12.9. The molecule has 0 heterocycles. The summed E-state index contributed by atoms with van der Waals surface area (Å²) >= 11 is 12.4. The molecule has 2 aromatic rings. The molecule has 0 saturated heterocycles. The molecule has 0 spiro atoms.